The van der Waals surface area contributed by atoms with Gasteiger partial charge in [0.2, 0.25) is 0 Å². The zero-order valence-corrected chi connectivity index (χ0v) is 11.5. The van der Waals surface area contributed by atoms with E-state index in [-0.39, 0.29) is 0 Å². The van der Waals surface area contributed by atoms with Crippen molar-refractivity contribution in [3.8, 4) is 0 Å². The van der Waals surface area contributed by atoms with Gasteiger partial charge < -0.3 is 14.5 Å². The Morgan fingerprint density at radius 3 is 2.85 bits per heavy atom. The van der Waals surface area contributed by atoms with Crippen LogP contribution in [0.15, 0.2) is 28.8 Å². The molecule has 1 aliphatic rings. The standard InChI is InChI=1S/C15H16N2O3/c1-9-12(10(2)20-16-9)8-17-13-6-4-3-5-11(13)7-14(17)15(18)19/h3-6,14H,7-8H2,1-2H3,(H,18,19). The molecule has 0 radical (unpaired) electrons. The minimum absolute atomic E-state index is 0.509. The molecule has 1 aliphatic heterocycles. The molecule has 1 atom stereocenters. The van der Waals surface area contributed by atoms with E-state index in [1.165, 1.54) is 0 Å². The van der Waals surface area contributed by atoms with Gasteiger partial charge in [-0.15, -0.1) is 0 Å². The van der Waals surface area contributed by atoms with Gasteiger partial charge in [-0.05, 0) is 25.5 Å². The lowest BCUT2D eigenvalue weighted by atomic mass is 10.1. The Hall–Kier alpha value is -2.30. The van der Waals surface area contributed by atoms with E-state index in [0.717, 1.165) is 28.3 Å². The number of carbonyl (C=O) groups is 1. The van der Waals surface area contributed by atoms with Crippen LogP contribution in [-0.2, 0) is 17.8 Å². The largest absolute Gasteiger partial charge is 0.480 e. The van der Waals surface area contributed by atoms with E-state index in [0.29, 0.717) is 13.0 Å². The van der Waals surface area contributed by atoms with Crippen LogP contribution in [0.1, 0.15) is 22.6 Å². The minimum Gasteiger partial charge on any atom is -0.480 e. The fraction of sp³-hybridized carbons (Fsp3) is 0.333. The van der Waals surface area contributed by atoms with E-state index in [9.17, 15) is 9.90 Å². The van der Waals surface area contributed by atoms with Crippen LogP contribution in [0.3, 0.4) is 0 Å². The highest BCUT2D eigenvalue weighted by molar-refractivity contribution is 5.82. The molecule has 0 saturated carbocycles. The average molecular weight is 272 g/mol. The first kappa shape index (κ1) is 12.7. The topological polar surface area (TPSA) is 66.6 Å². The quantitative estimate of drug-likeness (QED) is 0.928. The first-order valence-corrected chi connectivity index (χ1v) is 6.57. The molecule has 104 valence electrons. The number of hydrogen-bond donors (Lipinski definition) is 1. The summed E-state index contributed by atoms with van der Waals surface area (Å²) in [6, 6.07) is 7.30. The number of carboxylic acid groups (broad SMARTS) is 1. The molecule has 0 bridgehead atoms. The lowest BCUT2D eigenvalue weighted by molar-refractivity contribution is -0.138. The molecule has 0 fully saturated rings. The molecule has 5 heteroatoms. The fourth-order valence-corrected chi connectivity index (χ4v) is 2.76. The number of carboxylic acids is 1. The fourth-order valence-electron chi connectivity index (χ4n) is 2.76. The molecule has 5 nitrogen and oxygen atoms in total. The molecule has 1 unspecified atom stereocenters. The molecule has 20 heavy (non-hydrogen) atoms. The van der Waals surface area contributed by atoms with Crippen molar-refractivity contribution in [2.45, 2.75) is 32.9 Å². The number of aromatic nitrogens is 1. The Balaban J connectivity index is 1.99. The van der Waals surface area contributed by atoms with Crippen LogP contribution in [-0.4, -0.2) is 22.3 Å². The van der Waals surface area contributed by atoms with Gasteiger partial charge in [-0.25, -0.2) is 4.79 Å². The van der Waals surface area contributed by atoms with Gasteiger partial charge in [-0.1, -0.05) is 23.4 Å². The van der Waals surface area contributed by atoms with Gasteiger partial charge in [0.25, 0.3) is 0 Å². The number of fused-ring (bicyclic) bond motifs is 1. The van der Waals surface area contributed by atoms with Gasteiger partial charge in [-0.3, -0.25) is 0 Å². The SMILES string of the molecule is Cc1noc(C)c1CN1c2ccccc2CC1C(=O)O. The summed E-state index contributed by atoms with van der Waals surface area (Å²) in [6.45, 7) is 4.24. The monoisotopic (exact) mass is 272 g/mol. The van der Waals surface area contributed by atoms with Crippen LogP contribution in [0.4, 0.5) is 5.69 Å². The van der Waals surface area contributed by atoms with Crippen molar-refractivity contribution in [3.05, 3.63) is 46.8 Å². The second-order valence-electron chi connectivity index (χ2n) is 5.12. The highest BCUT2D eigenvalue weighted by Crippen LogP contribution is 2.34. The van der Waals surface area contributed by atoms with Gasteiger partial charge in [0.1, 0.15) is 11.8 Å². The predicted molar refractivity (Wildman–Crippen MR) is 73.7 cm³/mol. The van der Waals surface area contributed by atoms with Crippen LogP contribution < -0.4 is 4.90 Å². The summed E-state index contributed by atoms with van der Waals surface area (Å²) in [5, 5.41) is 13.4. The lowest BCUT2D eigenvalue weighted by Crippen LogP contribution is -2.38. The summed E-state index contributed by atoms with van der Waals surface area (Å²) in [4.78, 5) is 13.4. The Kier molecular flexibility index (Phi) is 2.97. The van der Waals surface area contributed by atoms with Crippen LogP contribution in [0.25, 0.3) is 0 Å². The third-order valence-corrected chi connectivity index (χ3v) is 3.89. The molecule has 0 aliphatic carbocycles. The van der Waals surface area contributed by atoms with E-state index < -0.39 is 12.0 Å². The maximum Gasteiger partial charge on any atom is 0.326 e. The summed E-state index contributed by atoms with van der Waals surface area (Å²) < 4.78 is 5.17. The molecule has 3 rings (SSSR count). The lowest BCUT2D eigenvalue weighted by Gasteiger charge is -2.24. The smallest absolute Gasteiger partial charge is 0.326 e. The number of hydrogen-bond acceptors (Lipinski definition) is 4. The van der Waals surface area contributed by atoms with E-state index in [2.05, 4.69) is 5.16 Å². The molecule has 0 spiro atoms. The van der Waals surface area contributed by atoms with Crippen molar-refractivity contribution < 1.29 is 14.4 Å². The zero-order valence-electron chi connectivity index (χ0n) is 11.5. The number of benzene rings is 1. The van der Waals surface area contributed by atoms with Crippen molar-refractivity contribution in [2.75, 3.05) is 4.90 Å². The number of rotatable bonds is 3. The van der Waals surface area contributed by atoms with E-state index >= 15 is 0 Å². The molecule has 0 amide bonds. The van der Waals surface area contributed by atoms with Crippen molar-refractivity contribution >= 4 is 11.7 Å². The maximum atomic E-state index is 11.5. The van der Waals surface area contributed by atoms with Crippen molar-refractivity contribution in [3.63, 3.8) is 0 Å². The average Bonchev–Trinajstić information content (AvgIpc) is 2.94. The number of anilines is 1. The molecule has 0 saturated heterocycles. The molecule has 1 aromatic heterocycles. The highest BCUT2D eigenvalue weighted by Gasteiger charge is 2.34. The normalized spacial score (nSPS) is 17.3. The summed E-state index contributed by atoms with van der Waals surface area (Å²) in [5.41, 5.74) is 3.84. The number of aryl methyl sites for hydroxylation is 2. The van der Waals surface area contributed by atoms with Gasteiger partial charge >= 0.3 is 5.97 Å². The van der Waals surface area contributed by atoms with Crippen LogP contribution >= 0.6 is 0 Å². The van der Waals surface area contributed by atoms with Crippen molar-refractivity contribution in [1.82, 2.24) is 5.16 Å². The predicted octanol–water partition coefficient (Wildman–Crippen LogP) is 2.31. The molecule has 1 N–H and O–H groups in total. The van der Waals surface area contributed by atoms with E-state index in [4.69, 9.17) is 4.52 Å². The summed E-state index contributed by atoms with van der Waals surface area (Å²) in [6.07, 6.45) is 0.537. The van der Waals surface area contributed by atoms with Gasteiger partial charge in [0, 0.05) is 24.2 Å². The van der Waals surface area contributed by atoms with E-state index in [1.54, 1.807) is 0 Å². The summed E-state index contributed by atoms with van der Waals surface area (Å²) >= 11 is 0. The van der Waals surface area contributed by atoms with Crippen LogP contribution in [0.5, 0.6) is 0 Å². The molecule has 2 aromatic rings. The third-order valence-electron chi connectivity index (χ3n) is 3.89. The Bertz CT molecular complexity index is 643. The number of para-hydroxylation sites is 1. The first-order valence-electron chi connectivity index (χ1n) is 6.57. The van der Waals surface area contributed by atoms with E-state index in [1.807, 2.05) is 43.0 Å². The minimum atomic E-state index is -0.798. The molecule has 2 heterocycles. The summed E-state index contributed by atoms with van der Waals surface area (Å²) in [7, 11) is 0. The Labute approximate surface area is 116 Å². The highest BCUT2D eigenvalue weighted by atomic mass is 16.5. The van der Waals surface area contributed by atoms with Crippen LogP contribution in [0, 0.1) is 13.8 Å². The van der Waals surface area contributed by atoms with Gasteiger partial charge in [0.05, 0.1) is 5.69 Å². The van der Waals surface area contributed by atoms with Crippen molar-refractivity contribution in [1.29, 1.82) is 0 Å². The molecular formula is C15H16N2O3. The molecular weight excluding hydrogens is 256 g/mol. The first-order chi connectivity index (χ1) is 9.58. The third kappa shape index (κ3) is 1.95. The number of aliphatic carboxylic acids is 1. The summed E-state index contributed by atoms with van der Waals surface area (Å²) in [5.74, 6) is -0.0519. The van der Waals surface area contributed by atoms with Gasteiger partial charge in [-0.2, -0.15) is 0 Å². The second-order valence-corrected chi connectivity index (χ2v) is 5.12. The number of nitrogens with zero attached hydrogens (tertiary/aromatic N) is 2. The maximum absolute atomic E-state index is 11.5. The van der Waals surface area contributed by atoms with Gasteiger partial charge in [0.15, 0.2) is 0 Å². The zero-order chi connectivity index (χ0) is 14.3. The van der Waals surface area contributed by atoms with Crippen LogP contribution in [0.2, 0.25) is 0 Å². The second kappa shape index (κ2) is 4.67. The Morgan fingerprint density at radius 1 is 1.45 bits per heavy atom. The van der Waals surface area contributed by atoms with Crippen molar-refractivity contribution in [2.24, 2.45) is 0 Å². The molecule has 1 aromatic carbocycles. The Morgan fingerprint density at radius 2 is 2.20 bits per heavy atom.